The van der Waals surface area contributed by atoms with Crippen LogP contribution in [0.5, 0.6) is 0 Å². The molecule has 2 aromatic carbocycles. The predicted molar refractivity (Wildman–Crippen MR) is 125 cm³/mol. The fourth-order valence-corrected chi connectivity index (χ4v) is 4.68. The molecule has 162 valence electrons. The van der Waals surface area contributed by atoms with E-state index in [1.54, 1.807) is 6.07 Å². The maximum absolute atomic E-state index is 13.9. The largest absolute Gasteiger partial charge is 0.448 e. The lowest BCUT2D eigenvalue weighted by molar-refractivity contribution is 0.221. The molecule has 0 spiro atoms. The summed E-state index contributed by atoms with van der Waals surface area (Å²) in [7, 11) is 0. The first-order valence-electron chi connectivity index (χ1n) is 10.8. The zero-order valence-corrected chi connectivity index (χ0v) is 18.6. The van der Waals surface area contributed by atoms with Gasteiger partial charge in [-0.1, -0.05) is 60.7 Å². The van der Waals surface area contributed by atoms with E-state index < -0.39 is 0 Å². The van der Waals surface area contributed by atoms with Crippen molar-refractivity contribution < 1.29 is 4.42 Å². The molecule has 0 fully saturated rings. The van der Waals surface area contributed by atoms with E-state index in [9.17, 15) is 4.79 Å². The molecule has 0 atom stereocenters. The van der Waals surface area contributed by atoms with Gasteiger partial charge in [0.25, 0.3) is 5.56 Å². The zero-order valence-electron chi connectivity index (χ0n) is 17.9. The second-order valence-corrected chi connectivity index (χ2v) is 8.52. The highest BCUT2D eigenvalue weighted by atomic mass is 35.5. The Labute approximate surface area is 191 Å². The van der Waals surface area contributed by atoms with Crippen LogP contribution in [0.1, 0.15) is 40.0 Å². The highest BCUT2D eigenvalue weighted by molar-refractivity contribution is 6.28. The molecule has 0 saturated carbocycles. The van der Waals surface area contributed by atoms with Gasteiger partial charge in [-0.2, -0.15) is 0 Å². The van der Waals surface area contributed by atoms with Crippen molar-refractivity contribution in [3.63, 3.8) is 0 Å². The van der Waals surface area contributed by atoms with Crippen molar-refractivity contribution in [2.75, 3.05) is 6.54 Å². The monoisotopic (exact) mass is 445 g/mol. The number of nitrogens with zero attached hydrogens (tertiary/aromatic N) is 3. The fraction of sp³-hybridized carbons (Fsp3) is 0.231. The lowest BCUT2D eigenvalue weighted by atomic mass is 9.97. The van der Waals surface area contributed by atoms with Gasteiger partial charge in [-0.05, 0) is 41.8 Å². The van der Waals surface area contributed by atoms with Crippen LogP contribution in [0.3, 0.4) is 0 Å². The van der Waals surface area contributed by atoms with E-state index in [1.165, 1.54) is 0 Å². The Balaban J connectivity index is 1.57. The van der Waals surface area contributed by atoms with Crippen molar-refractivity contribution in [3.8, 4) is 0 Å². The standard InChI is InChI=1S/C26H24ClN3O2/c1-18-28-23-14-15-29(16-21-12-13-24(27)32-21)17-22(23)26(31)30(18)25(19-8-4-2-5-9-19)20-10-6-3-7-11-20/h2-13,25H,14-17H2,1H3. The predicted octanol–water partition coefficient (Wildman–Crippen LogP) is 4.99. The minimum Gasteiger partial charge on any atom is -0.448 e. The summed E-state index contributed by atoms with van der Waals surface area (Å²) in [5, 5.41) is 0.380. The van der Waals surface area contributed by atoms with Crippen molar-refractivity contribution in [1.29, 1.82) is 0 Å². The van der Waals surface area contributed by atoms with Gasteiger partial charge >= 0.3 is 0 Å². The Kier molecular flexibility index (Phi) is 5.68. The van der Waals surface area contributed by atoms with E-state index in [0.717, 1.165) is 46.9 Å². The number of rotatable bonds is 5. The number of aromatic nitrogens is 2. The van der Waals surface area contributed by atoms with Crippen molar-refractivity contribution in [2.24, 2.45) is 0 Å². The van der Waals surface area contributed by atoms with E-state index in [1.807, 2.05) is 54.0 Å². The number of fused-ring (bicyclic) bond motifs is 1. The summed E-state index contributed by atoms with van der Waals surface area (Å²) < 4.78 is 7.37. The van der Waals surface area contributed by atoms with Gasteiger partial charge in [0.05, 0.1) is 23.8 Å². The molecule has 0 saturated heterocycles. The summed E-state index contributed by atoms with van der Waals surface area (Å²) in [4.78, 5) is 21.0. The van der Waals surface area contributed by atoms with E-state index in [2.05, 4.69) is 29.2 Å². The quantitative estimate of drug-likeness (QED) is 0.434. The maximum atomic E-state index is 13.9. The molecule has 0 radical (unpaired) electrons. The Morgan fingerprint density at radius 3 is 2.25 bits per heavy atom. The summed E-state index contributed by atoms with van der Waals surface area (Å²) in [5.74, 6) is 1.53. The summed E-state index contributed by atoms with van der Waals surface area (Å²) in [5.41, 5.74) is 3.80. The molecule has 2 aromatic heterocycles. The molecule has 6 heteroatoms. The van der Waals surface area contributed by atoms with Crippen LogP contribution in [0, 0.1) is 6.92 Å². The topological polar surface area (TPSA) is 51.3 Å². The number of aryl methyl sites for hydroxylation is 1. The maximum Gasteiger partial charge on any atom is 0.259 e. The molecule has 1 aliphatic heterocycles. The van der Waals surface area contributed by atoms with Crippen LogP contribution in [-0.4, -0.2) is 21.0 Å². The van der Waals surface area contributed by atoms with Crippen molar-refractivity contribution >= 4 is 11.6 Å². The van der Waals surface area contributed by atoms with Crippen LogP contribution < -0.4 is 5.56 Å². The number of halogens is 1. The smallest absolute Gasteiger partial charge is 0.259 e. The first-order valence-corrected chi connectivity index (χ1v) is 11.2. The normalized spacial score (nSPS) is 14.0. The van der Waals surface area contributed by atoms with Gasteiger partial charge in [-0.25, -0.2) is 4.98 Å². The summed E-state index contributed by atoms with van der Waals surface area (Å²) in [6.07, 6.45) is 0.738. The van der Waals surface area contributed by atoms with E-state index in [4.69, 9.17) is 21.0 Å². The minimum absolute atomic E-state index is 0.0207. The second kappa shape index (κ2) is 8.77. The molecule has 0 N–H and O–H groups in total. The van der Waals surface area contributed by atoms with Gasteiger partial charge in [0, 0.05) is 19.5 Å². The van der Waals surface area contributed by atoms with Crippen LogP contribution in [0.25, 0.3) is 0 Å². The fourth-order valence-electron chi connectivity index (χ4n) is 4.52. The average Bonchev–Trinajstić information content (AvgIpc) is 3.22. The summed E-state index contributed by atoms with van der Waals surface area (Å²) in [6.45, 7) is 3.90. The van der Waals surface area contributed by atoms with Crippen molar-refractivity contribution in [3.05, 3.63) is 122 Å². The second-order valence-electron chi connectivity index (χ2n) is 8.15. The van der Waals surface area contributed by atoms with Crippen LogP contribution in [0.2, 0.25) is 5.22 Å². The van der Waals surface area contributed by atoms with Crippen LogP contribution in [-0.2, 0) is 19.5 Å². The SMILES string of the molecule is Cc1nc2c(c(=O)n1C(c1ccccc1)c1ccccc1)CN(Cc1ccc(Cl)o1)CC2. The number of furan rings is 1. The summed E-state index contributed by atoms with van der Waals surface area (Å²) >= 11 is 5.93. The lowest BCUT2D eigenvalue weighted by Gasteiger charge is -2.30. The minimum atomic E-state index is -0.234. The van der Waals surface area contributed by atoms with E-state index >= 15 is 0 Å². The molecule has 4 aromatic rings. The lowest BCUT2D eigenvalue weighted by Crippen LogP contribution is -2.40. The number of hydrogen-bond acceptors (Lipinski definition) is 4. The molecular formula is C26H24ClN3O2. The molecule has 0 amide bonds. The molecule has 5 nitrogen and oxygen atoms in total. The van der Waals surface area contributed by atoms with Gasteiger partial charge in [0.1, 0.15) is 11.6 Å². The molecular weight excluding hydrogens is 422 g/mol. The Bertz CT molecular complexity index is 1240. The first kappa shape index (κ1) is 20.7. The van der Waals surface area contributed by atoms with Gasteiger partial charge in [0.2, 0.25) is 0 Å². The zero-order chi connectivity index (χ0) is 22.1. The number of hydrogen-bond donors (Lipinski definition) is 0. The number of benzene rings is 2. The van der Waals surface area contributed by atoms with Gasteiger partial charge in [-0.15, -0.1) is 0 Å². The molecule has 32 heavy (non-hydrogen) atoms. The Hall–Kier alpha value is -3.15. The highest BCUT2D eigenvalue weighted by Crippen LogP contribution is 2.28. The molecule has 1 aliphatic rings. The molecule has 0 aliphatic carbocycles. The summed E-state index contributed by atoms with van der Waals surface area (Å²) in [6, 6.07) is 23.7. The highest BCUT2D eigenvalue weighted by Gasteiger charge is 2.27. The molecule has 0 unspecified atom stereocenters. The van der Waals surface area contributed by atoms with Gasteiger partial charge in [-0.3, -0.25) is 14.3 Å². The van der Waals surface area contributed by atoms with Crippen LogP contribution in [0.4, 0.5) is 0 Å². The Morgan fingerprint density at radius 2 is 1.66 bits per heavy atom. The first-order chi connectivity index (χ1) is 15.6. The third-order valence-corrected chi connectivity index (χ3v) is 6.22. The van der Waals surface area contributed by atoms with Crippen molar-refractivity contribution in [1.82, 2.24) is 14.5 Å². The molecule has 5 rings (SSSR count). The van der Waals surface area contributed by atoms with E-state index in [-0.39, 0.29) is 11.6 Å². The van der Waals surface area contributed by atoms with Crippen molar-refractivity contribution in [2.45, 2.75) is 32.5 Å². The van der Waals surface area contributed by atoms with Crippen LogP contribution >= 0.6 is 11.6 Å². The van der Waals surface area contributed by atoms with Crippen LogP contribution in [0.15, 0.2) is 82.0 Å². The molecule has 0 bridgehead atoms. The average molecular weight is 446 g/mol. The van der Waals surface area contributed by atoms with Gasteiger partial charge in [0.15, 0.2) is 5.22 Å². The van der Waals surface area contributed by atoms with E-state index in [0.29, 0.717) is 18.3 Å². The Morgan fingerprint density at radius 1 is 1.00 bits per heavy atom. The molecule has 3 heterocycles. The third-order valence-electron chi connectivity index (χ3n) is 6.01. The third kappa shape index (κ3) is 4.01. The van der Waals surface area contributed by atoms with Gasteiger partial charge < -0.3 is 4.42 Å².